The maximum absolute atomic E-state index is 14.7. The number of fused-ring (bicyclic) bond motifs is 1. The van der Waals surface area contributed by atoms with Crippen molar-refractivity contribution in [2.24, 2.45) is 0 Å². The van der Waals surface area contributed by atoms with Crippen LogP contribution in [0.1, 0.15) is 51.2 Å². The first-order chi connectivity index (χ1) is 13.5. The fourth-order valence-corrected chi connectivity index (χ4v) is 3.87. The van der Waals surface area contributed by atoms with Gasteiger partial charge in [-0.15, -0.1) is 0 Å². The third-order valence-electron chi connectivity index (χ3n) is 5.17. The standard InChI is InChI=1S/C22H24FNO4/c1-14(13-27-2)24(20-11-9-15-6-4-5-7-17(15)20)21(25)18-10-8-16(12-19(18)23)22(26)28-3/h4-8,10,12,14,20H,9,11,13H2,1-3H3. The van der Waals surface area contributed by atoms with E-state index in [0.717, 1.165) is 24.5 Å². The van der Waals surface area contributed by atoms with Crippen molar-refractivity contribution < 1.29 is 23.5 Å². The topological polar surface area (TPSA) is 55.8 Å². The fourth-order valence-electron chi connectivity index (χ4n) is 3.87. The molecule has 1 aliphatic carbocycles. The molecule has 1 amide bonds. The van der Waals surface area contributed by atoms with Crippen molar-refractivity contribution in [2.45, 2.75) is 31.8 Å². The SMILES string of the molecule is COCC(C)N(C(=O)c1ccc(C(=O)OC)cc1F)C1CCc2ccccc21. The molecule has 28 heavy (non-hydrogen) atoms. The third kappa shape index (κ3) is 3.78. The third-order valence-corrected chi connectivity index (χ3v) is 5.17. The second-order valence-electron chi connectivity index (χ2n) is 6.96. The van der Waals surface area contributed by atoms with E-state index in [4.69, 9.17) is 4.74 Å². The summed E-state index contributed by atoms with van der Waals surface area (Å²) in [4.78, 5) is 26.7. The van der Waals surface area contributed by atoms with Crippen molar-refractivity contribution in [3.63, 3.8) is 0 Å². The minimum atomic E-state index is -0.742. The van der Waals surface area contributed by atoms with Gasteiger partial charge in [0.15, 0.2) is 0 Å². The molecule has 0 N–H and O–H groups in total. The van der Waals surface area contributed by atoms with Gasteiger partial charge < -0.3 is 14.4 Å². The van der Waals surface area contributed by atoms with Crippen LogP contribution in [0.5, 0.6) is 0 Å². The molecule has 0 saturated carbocycles. The highest BCUT2D eigenvalue weighted by molar-refractivity contribution is 5.97. The lowest BCUT2D eigenvalue weighted by atomic mass is 10.0. The number of ether oxygens (including phenoxy) is 2. The van der Waals surface area contributed by atoms with Crippen LogP contribution in [-0.4, -0.2) is 43.6 Å². The summed E-state index contributed by atoms with van der Waals surface area (Å²) in [5.41, 5.74) is 2.29. The average Bonchev–Trinajstić information content (AvgIpc) is 3.11. The minimum Gasteiger partial charge on any atom is -0.465 e. The summed E-state index contributed by atoms with van der Waals surface area (Å²) in [7, 11) is 2.80. The van der Waals surface area contributed by atoms with E-state index in [1.54, 1.807) is 12.0 Å². The van der Waals surface area contributed by atoms with E-state index in [2.05, 4.69) is 10.8 Å². The zero-order valence-electron chi connectivity index (χ0n) is 16.3. The van der Waals surface area contributed by atoms with Crippen LogP contribution < -0.4 is 0 Å². The highest BCUT2D eigenvalue weighted by Crippen LogP contribution is 2.37. The first-order valence-corrected chi connectivity index (χ1v) is 9.25. The molecule has 0 spiro atoms. The fraction of sp³-hybridized carbons (Fsp3) is 0.364. The Hall–Kier alpha value is -2.73. The van der Waals surface area contributed by atoms with Crippen LogP contribution >= 0.6 is 0 Å². The summed E-state index contributed by atoms with van der Waals surface area (Å²) in [6.07, 6.45) is 1.65. The normalized spacial score (nSPS) is 16.4. The van der Waals surface area contributed by atoms with E-state index in [9.17, 15) is 14.0 Å². The van der Waals surface area contributed by atoms with Gasteiger partial charge in [0.05, 0.1) is 36.9 Å². The van der Waals surface area contributed by atoms with Crippen molar-refractivity contribution in [3.8, 4) is 0 Å². The number of nitrogens with zero attached hydrogens (tertiary/aromatic N) is 1. The number of esters is 1. The van der Waals surface area contributed by atoms with E-state index in [1.807, 2.05) is 25.1 Å². The Bertz CT molecular complexity index is 883. The first-order valence-electron chi connectivity index (χ1n) is 9.25. The minimum absolute atomic E-state index is 0.0688. The Balaban J connectivity index is 1.98. The zero-order chi connectivity index (χ0) is 20.3. The largest absolute Gasteiger partial charge is 0.465 e. The van der Waals surface area contributed by atoms with E-state index in [0.29, 0.717) is 6.61 Å². The lowest BCUT2D eigenvalue weighted by Gasteiger charge is -2.35. The molecule has 6 heteroatoms. The molecule has 2 unspecified atom stereocenters. The molecule has 2 aromatic carbocycles. The lowest BCUT2D eigenvalue weighted by Crippen LogP contribution is -2.43. The molecule has 1 aliphatic rings. The molecule has 0 radical (unpaired) electrons. The van der Waals surface area contributed by atoms with Gasteiger partial charge in [0, 0.05) is 7.11 Å². The zero-order valence-corrected chi connectivity index (χ0v) is 16.3. The molecule has 0 aromatic heterocycles. The number of methoxy groups -OCH3 is 2. The molecule has 0 heterocycles. The average molecular weight is 385 g/mol. The Morgan fingerprint density at radius 1 is 1.21 bits per heavy atom. The molecular formula is C22H24FNO4. The Morgan fingerprint density at radius 3 is 2.64 bits per heavy atom. The predicted octanol–water partition coefficient (Wildman–Crippen LogP) is 3.78. The summed E-state index contributed by atoms with van der Waals surface area (Å²) >= 11 is 0. The summed E-state index contributed by atoms with van der Waals surface area (Å²) in [6.45, 7) is 2.23. The van der Waals surface area contributed by atoms with E-state index in [-0.39, 0.29) is 23.2 Å². The summed E-state index contributed by atoms with van der Waals surface area (Å²) in [5.74, 6) is -1.80. The van der Waals surface area contributed by atoms with Gasteiger partial charge in [-0.1, -0.05) is 24.3 Å². The van der Waals surface area contributed by atoms with Gasteiger partial charge in [-0.3, -0.25) is 4.79 Å². The van der Waals surface area contributed by atoms with Crippen molar-refractivity contribution in [3.05, 3.63) is 70.5 Å². The summed E-state index contributed by atoms with van der Waals surface area (Å²) < 4.78 is 24.6. The Labute approximate surface area is 164 Å². The highest BCUT2D eigenvalue weighted by atomic mass is 19.1. The van der Waals surface area contributed by atoms with Crippen molar-refractivity contribution in [2.75, 3.05) is 20.8 Å². The van der Waals surface area contributed by atoms with Gasteiger partial charge in [0.1, 0.15) is 5.82 Å². The second kappa shape index (κ2) is 8.52. The molecule has 5 nitrogen and oxygen atoms in total. The van der Waals surface area contributed by atoms with Crippen LogP contribution in [0.4, 0.5) is 4.39 Å². The lowest BCUT2D eigenvalue weighted by molar-refractivity contribution is 0.0424. The smallest absolute Gasteiger partial charge is 0.337 e. The number of halogens is 1. The summed E-state index contributed by atoms with van der Waals surface area (Å²) in [5, 5.41) is 0. The summed E-state index contributed by atoms with van der Waals surface area (Å²) in [6, 6.07) is 11.4. The van der Waals surface area contributed by atoms with Crippen LogP contribution in [0, 0.1) is 5.82 Å². The Morgan fingerprint density at radius 2 is 1.96 bits per heavy atom. The van der Waals surface area contributed by atoms with Crippen LogP contribution in [0.15, 0.2) is 42.5 Å². The van der Waals surface area contributed by atoms with Crippen molar-refractivity contribution in [1.29, 1.82) is 0 Å². The maximum Gasteiger partial charge on any atom is 0.337 e. The van der Waals surface area contributed by atoms with E-state index in [1.165, 1.54) is 24.8 Å². The van der Waals surface area contributed by atoms with Crippen LogP contribution in [0.2, 0.25) is 0 Å². The van der Waals surface area contributed by atoms with E-state index >= 15 is 0 Å². The van der Waals surface area contributed by atoms with E-state index < -0.39 is 17.7 Å². The molecule has 0 bridgehead atoms. The number of rotatable bonds is 6. The number of carbonyl (C=O) groups excluding carboxylic acids is 2. The molecule has 0 aliphatic heterocycles. The number of hydrogen-bond donors (Lipinski definition) is 0. The molecular weight excluding hydrogens is 361 g/mol. The van der Waals surface area contributed by atoms with Crippen LogP contribution in [0.3, 0.4) is 0 Å². The molecule has 0 saturated heterocycles. The monoisotopic (exact) mass is 385 g/mol. The van der Waals surface area contributed by atoms with Gasteiger partial charge in [-0.2, -0.15) is 0 Å². The van der Waals surface area contributed by atoms with Gasteiger partial charge in [0.2, 0.25) is 0 Å². The number of benzene rings is 2. The molecule has 2 atom stereocenters. The quantitative estimate of drug-likeness (QED) is 0.710. The van der Waals surface area contributed by atoms with Gasteiger partial charge in [-0.25, -0.2) is 9.18 Å². The van der Waals surface area contributed by atoms with Gasteiger partial charge in [0.25, 0.3) is 5.91 Å². The Kier molecular flexibility index (Phi) is 6.09. The number of hydrogen-bond acceptors (Lipinski definition) is 4. The predicted molar refractivity (Wildman–Crippen MR) is 103 cm³/mol. The number of carbonyl (C=O) groups is 2. The van der Waals surface area contributed by atoms with Crippen LogP contribution in [0.25, 0.3) is 0 Å². The molecule has 3 rings (SSSR count). The van der Waals surface area contributed by atoms with Gasteiger partial charge >= 0.3 is 5.97 Å². The molecule has 2 aromatic rings. The molecule has 0 fully saturated rings. The van der Waals surface area contributed by atoms with Crippen molar-refractivity contribution >= 4 is 11.9 Å². The number of amides is 1. The first kappa shape index (κ1) is 20.0. The second-order valence-corrected chi connectivity index (χ2v) is 6.96. The van der Waals surface area contributed by atoms with Gasteiger partial charge in [-0.05, 0) is 49.1 Å². The molecule has 148 valence electrons. The van der Waals surface area contributed by atoms with Crippen molar-refractivity contribution in [1.82, 2.24) is 4.90 Å². The number of aryl methyl sites for hydroxylation is 1. The maximum atomic E-state index is 14.7. The van der Waals surface area contributed by atoms with Crippen LogP contribution in [-0.2, 0) is 15.9 Å². The highest BCUT2D eigenvalue weighted by Gasteiger charge is 2.35.